The minimum atomic E-state index is -0.0562. The number of ether oxygens (including phenoxy) is 1. The van der Waals surface area contributed by atoms with Gasteiger partial charge in [0, 0.05) is 31.1 Å². The van der Waals surface area contributed by atoms with Crippen molar-refractivity contribution in [2.45, 2.75) is 24.7 Å². The number of nitrogens with zero attached hydrogens (tertiary/aromatic N) is 2. The molecule has 1 aromatic rings. The molecule has 2 saturated heterocycles. The Morgan fingerprint density at radius 3 is 2.68 bits per heavy atom. The zero-order valence-electron chi connectivity index (χ0n) is 14.8. The van der Waals surface area contributed by atoms with E-state index in [2.05, 4.69) is 13.0 Å². The maximum absolute atomic E-state index is 12.7. The van der Waals surface area contributed by atoms with Gasteiger partial charge in [-0.25, -0.2) is 0 Å². The predicted octanol–water partition coefficient (Wildman–Crippen LogP) is 2.18. The number of aryl methyl sites for hydroxylation is 1. The van der Waals surface area contributed by atoms with Crippen LogP contribution in [0.15, 0.2) is 29.2 Å². The summed E-state index contributed by atoms with van der Waals surface area (Å²) in [4.78, 5) is 30.2. The highest BCUT2D eigenvalue weighted by atomic mass is 32.2. The summed E-state index contributed by atoms with van der Waals surface area (Å²) >= 11 is 1.58. The molecule has 0 aliphatic carbocycles. The lowest BCUT2D eigenvalue weighted by Crippen LogP contribution is -2.49. The van der Waals surface area contributed by atoms with Gasteiger partial charge in [0.1, 0.15) is 0 Å². The molecule has 2 amide bonds. The van der Waals surface area contributed by atoms with Crippen LogP contribution in [-0.4, -0.2) is 66.8 Å². The van der Waals surface area contributed by atoms with Crippen molar-refractivity contribution in [3.63, 3.8) is 0 Å². The molecule has 2 aliphatic heterocycles. The van der Waals surface area contributed by atoms with Gasteiger partial charge in [-0.2, -0.15) is 0 Å². The third-order valence-electron chi connectivity index (χ3n) is 4.89. The molecule has 25 heavy (non-hydrogen) atoms. The maximum atomic E-state index is 12.7. The van der Waals surface area contributed by atoms with Crippen LogP contribution in [0.1, 0.15) is 18.4 Å². The van der Waals surface area contributed by atoms with Crippen molar-refractivity contribution in [1.29, 1.82) is 0 Å². The number of carbonyl (C=O) groups is 2. The third kappa shape index (κ3) is 4.76. The first kappa shape index (κ1) is 18.3. The van der Waals surface area contributed by atoms with E-state index in [1.807, 2.05) is 28.0 Å². The Morgan fingerprint density at radius 2 is 1.92 bits per heavy atom. The van der Waals surface area contributed by atoms with E-state index in [9.17, 15) is 9.59 Å². The van der Waals surface area contributed by atoms with Crippen LogP contribution in [0.5, 0.6) is 0 Å². The molecule has 1 aromatic carbocycles. The Hall–Kier alpha value is -1.53. The van der Waals surface area contributed by atoms with Gasteiger partial charge in [0.15, 0.2) is 0 Å². The standard InChI is InChI=1S/C19H26N2O3S/c1-15-5-2-3-7-17(15)25-14-18(22)21-8-4-6-16(13-21)19(23)20-9-11-24-12-10-20/h2-3,5,7,16H,4,6,8-14H2,1H3. The smallest absolute Gasteiger partial charge is 0.232 e. The van der Waals surface area contributed by atoms with E-state index in [0.29, 0.717) is 38.6 Å². The average Bonchev–Trinajstić information content (AvgIpc) is 2.67. The molecule has 0 saturated carbocycles. The summed E-state index contributed by atoms with van der Waals surface area (Å²) in [6.07, 6.45) is 1.78. The summed E-state index contributed by atoms with van der Waals surface area (Å²) < 4.78 is 5.32. The molecular formula is C19H26N2O3S. The van der Waals surface area contributed by atoms with E-state index in [0.717, 1.165) is 24.3 Å². The predicted molar refractivity (Wildman–Crippen MR) is 98.6 cm³/mol. The summed E-state index contributed by atoms with van der Waals surface area (Å²) in [6, 6.07) is 8.12. The molecule has 0 N–H and O–H groups in total. The van der Waals surface area contributed by atoms with Crippen LogP contribution in [-0.2, 0) is 14.3 Å². The first-order chi connectivity index (χ1) is 12.1. The number of morpholine rings is 1. The summed E-state index contributed by atoms with van der Waals surface area (Å²) in [5.41, 5.74) is 1.19. The van der Waals surface area contributed by atoms with Gasteiger partial charge in [-0.15, -0.1) is 11.8 Å². The molecule has 3 rings (SSSR count). The number of likely N-dealkylation sites (tertiary alicyclic amines) is 1. The van der Waals surface area contributed by atoms with Gasteiger partial charge < -0.3 is 14.5 Å². The second-order valence-electron chi connectivity index (χ2n) is 6.67. The van der Waals surface area contributed by atoms with Crippen LogP contribution in [0.25, 0.3) is 0 Å². The fourth-order valence-electron chi connectivity index (χ4n) is 3.40. The van der Waals surface area contributed by atoms with E-state index in [1.54, 1.807) is 11.8 Å². The molecule has 0 radical (unpaired) electrons. The van der Waals surface area contributed by atoms with Gasteiger partial charge >= 0.3 is 0 Å². The molecule has 2 fully saturated rings. The van der Waals surface area contributed by atoms with E-state index in [1.165, 1.54) is 5.56 Å². The van der Waals surface area contributed by atoms with Crippen LogP contribution < -0.4 is 0 Å². The van der Waals surface area contributed by atoms with Gasteiger partial charge in [0.25, 0.3) is 0 Å². The van der Waals surface area contributed by atoms with Crippen molar-refractivity contribution >= 4 is 23.6 Å². The summed E-state index contributed by atoms with van der Waals surface area (Å²) in [6.45, 7) is 5.97. The monoisotopic (exact) mass is 362 g/mol. The lowest BCUT2D eigenvalue weighted by Gasteiger charge is -2.36. The largest absolute Gasteiger partial charge is 0.378 e. The van der Waals surface area contributed by atoms with Crippen molar-refractivity contribution in [3.8, 4) is 0 Å². The molecule has 5 nitrogen and oxygen atoms in total. The average molecular weight is 362 g/mol. The molecule has 0 bridgehead atoms. The molecule has 136 valence electrons. The number of benzene rings is 1. The summed E-state index contributed by atoms with van der Waals surface area (Å²) in [5.74, 6) is 0.697. The van der Waals surface area contributed by atoms with Gasteiger partial charge in [-0.1, -0.05) is 18.2 Å². The second kappa shape index (κ2) is 8.72. The Balaban J connectivity index is 1.52. The number of piperidine rings is 1. The molecule has 1 unspecified atom stereocenters. The van der Waals surface area contributed by atoms with Crippen molar-refractivity contribution in [2.75, 3.05) is 45.1 Å². The van der Waals surface area contributed by atoms with Gasteiger partial charge in [-0.05, 0) is 31.4 Å². The summed E-state index contributed by atoms with van der Waals surface area (Å²) in [5, 5.41) is 0. The topological polar surface area (TPSA) is 49.9 Å². The number of thioether (sulfide) groups is 1. The Kier molecular flexibility index (Phi) is 6.37. The number of hydrogen-bond acceptors (Lipinski definition) is 4. The highest BCUT2D eigenvalue weighted by Gasteiger charge is 2.31. The molecular weight excluding hydrogens is 336 g/mol. The highest BCUT2D eigenvalue weighted by Crippen LogP contribution is 2.24. The minimum Gasteiger partial charge on any atom is -0.378 e. The normalized spacial score (nSPS) is 21.2. The Labute approximate surface area is 153 Å². The Bertz CT molecular complexity index is 616. The van der Waals surface area contributed by atoms with E-state index in [-0.39, 0.29) is 17.7 Å². The molecule has 1 atom stereocenters. The van der Waals surface area contributed by atoms with Crippen molar-refractivity contribution < 1.29 is 14.3 Å². The molecule has 0 aromatic heterocycles. The number of hydrogen-bond donors (Lipinski definition) is 0. The van der Waals surface area contributed by atoms with Crippen molar-refractivity contribution in [2.24, 2.45) is 5.92 Å². The highest BCUT2D eigenvalue weighted by molar-refractivity contribution is 8.00. The maximum Gasteiger partial charge on any atom is 0.232 e. The molecule has 6 heteroatoms. The first-order valence-electron chi connectivity index (χ1n) is 8.98. The van der Waals surface area contributed by atoms with Crippen molar-refractivity contribution in [3.05, 3.63) is 29.8 Å². The van der Waals surface area contributed by atoms with Crippen LogP contribution in [0.3, 0.4) is 0 Å². The van der Waals surface area contributed by atoms with Crippen LogP contribution in [0.2, 0.25) is 0 Å². The first-order valence-corrected chi connectivity index (χ1v) is 9.96. The van der Waals surface area contributed by atoms with Crippen LogP contribution >= 0.6 is 11.8 Å². The lowest BCUT2D eigenvalue weighted by atomic mass is 9.96. The lowest BCUT2D eigenvalue weighted by molar-refractivity contribution is -0.143. The molecule has 2 aliphatic rings. The third-order valence-corrected chi connectivity index (χ3v) is 6.05. The van der Waals surface area contributed by atoms with Crippen LogP contribution in [0.4, 0.5) is 0 Å². The van der Waals surface area contributed by atoms with E-state index >= 15 is 0 Å². The van der Waals surface area contributed by atoms with Gasteiger partial charge in [0.2, 0.25) is 11.8 Å². The summed E-state index contributed by atoms with van der Waals surface area (Å²) in [7, 11) is 0. The van der Waals surface area contributed by atoms with Gasteiger partial charge in [0.05, 0.1) is 24.9 Å². The fraction of sp³-hybridized carbons (Fsp3) is 0.579. The quantitative estimate of drug-likeness (QED) is 0.771. The van der Waals surface area contributed by atoms with E-state index < -0.39 is 0 Å². The second-order valence-corrected chi connectivity index (χ2v) is 7.69. The number of amides is 2. The minimum absolute atomic E-state index is 0.0562. The zero-order chi connectivity index (χ0) is 17.6. The zero-order valence-corrected chi connectivity index (χ0v) is 15.6. The van der Waals surface area contributed by atoms with Gasteiger partial charge in [-0.3, -0.25) is 9.59 Å². The molecule has 2 heterocycles. The SMILES string of the molecule is Cc1ccccc1SCC(=O)N1CCCC(C(=O)N2CCOCC2)C1. The van der Waals surface area contributed by atoms with Crippen molar-refractivity contribution in [1.82, 2.24) is 9.80 Å². The van der Waals surface area contributed by atoms with E-state index in [4.69, 9.17) is 4.74 Å². The number of rotatable bonds is 4. The number of carbonyl (C=O) groups excluding carboxylic acids is 2. The molecule has 0 spiro atoms. The Morgan fingerprint density at radius 1 is 1.16 bits per heavy atom. The fourth-order valence-corrected chi connectivity index (χ4v) is 4.33. The van der Waals surface area contributed by atoms with Crippen LogP contribution in [0, 0.1) is 12.8 Å².